The molecule has 1 aromatic carbocycles. The lowest BCUT2D eigenvalue weighted by Crippen LogP contribution is -2.16. The average molecular weight is 370 g/mol. The zero-order valence-corrected chi connectivity index (χ0v) is 15.3. The molecule has 0 bridgehead atoms. The van der Waals surface area contributed by atoms with Crippen molar-refractivity contribution in [3.63, 3.8) is 0 Å². The highest BCUT2D eigenvalue weighted by molar-refractivity contribution is 6.33. The molecule has 0 fully saturated rings. The Balaban J connectivity index is 1.98. The van der Waals surface area contributed by atoms with Crippen LogP contribution in [0.1, 0.15) is 20.3 Å². The lowest BCUT2D eigenvalue weighted by atomic mass is 10.2. The second-order valence-corrected chi connectivity index (χ2v) is 6.33. The van der Waals surface area contributed by atoms with Crippen molar-refractivity contribution in [3.05, 3.63) is 53.7 Å². The number of pyridine rings is 1. The maximum absolute atomic E-state index is 9.51. The van der Waals surface area contributed by atoms with Crippen molar-refractivity contribution in [1.82, 2.24) is 15.0 Å². The molecule has 6 nitrogen and oxygen atoms in total. The first-order valence-corrected chi connectivity index (χ1v) is 8.75. The first-order valence-electron chi connectivity index (χ1n) is 8.37. The van der Waals surface area contributed by atoms with Crippen LogP contribution in [-0.4, -0.2) is 26.1 Å². The number of anilines is 3. The molecular weight excluding hydrogens is 350 g/mol. The van der Waals surface area contributed by atoms with E-state index in [0.29, 0.717) is 28.2 Å². The fraction of sp³-hybridized carbons (Fsp3) is 0.211. The maximum atomic E-state index is 9.51. The Morgan fingerprint density at radius 3 is 2.65 bits per heavy atom. The van der Waals surface area contributed by atoms with Crippen LogP contribution in [-0.2, 0) is 0 Å². The molecule has 0 aliphatic heterocycles. The van der Waals surface area contributed by atoms with Crippen molar-refractivity contribution in [1.29, 1.82) is 0 Å². The summed E-state index contributed by atoms with van der Waals surface area (Å²) in [6, 6.07) is 12.5. The van der Waals surface area contributed by atoms with E-state index in [2.05, 4.69) is 39.4 Å². The van der Waals surface area contributed by atoms with Gasteiger partial charge < -0.3 is 15.7 Å². The molecule has 3 aromatic rings. The lowest BCUT2D eigenvalue weighted by Gasteiger charge is -2.15. The molecule has 0 spiro atoms. The molecule has 3 N–H and O–H groups in total. The van der Waals surface area contributed by atoms with Gasteiger partial charge in [0, 0.05) is 24.4 Å². The van der Waals surface area contributed by atoms with Gasteiger partial charge in [0.1, 0.15) is 11.6 Å². The SMILES string of the molecule is CC[C@@H](C)Nc1nc(Nc2ccc(O)cc2Cl)cc(-c2ccccn2)n1. The Morgan fingerprint density at radius 1 is 1.12 bits per heavy atom. The van der Waals surface area contributed by atoms with Crippen LogP contribution in [0.5, 0.6) is 5.75 Å². The zero-order valence-electron chi connectivity index (χ0n) is 14.6. The predicted molar refractivity (Wildman–Crippen MR) is 105 cm³/mol. The maximum Gasteiger partial charge on any atom is 0.225 e. The Kier molecular flexibility index (Phi) is 5.53. The van der Waals surface area contributed by atoms with E-state index < -0.39 is 0 Å². The van der Waals surface area contributed by atoms with Gasteiger partial charge in [-0.25, -0.2) is 4.98 Å². The zero-order chi connectivity index (χ0) is 18.5. The molecule has 0 aliphatic carbocycles. The van der Waals surface area contributed by atoms with E-state index in [1.54, 1.807) is 18.3 Å². The third kappa shape index (κ3) is 4.40. The monoisotopic (exact) mass is 369 g/mol. The van der Waals surface area contributed by atoms with Crippen molar-refractivity contribution >= 4 is 29.1 Å². The molecule has 0 amide bonds. The smallest absolute Gasteiger partial charge is 0.225 e. The molecule has 0 unspecified atom stereocenters. The van der Waals surface area contributed by atoms with Crippen LogP contribution in [0.15, 0.2) is 48.7 Å². The van der Waals surface area contributed by atoms with E-state index in [1.165, 1.54) is 6.07 Å². The molecule has 3 rings (SSSR count). The van der Waals surface area contributed by atoms with Gasteiger partial charge in [0.15, 0.2) is 0 Å². The molecule has 0 radical (unpaired) electrons. The first kappa shape index (κ1) is 17.9. The fourth-order valence-corrected chi connectivity index (χ4v) is 2.51. The van der Waals surface area contributed by atoms with Gasteiger partial charge in [-0.05, 0) is 37.6 Å². The summed E-state index contributed by atoms with van der Waals surface area (Å²) in [6.45, 7) is 4.16. The van der Waals surface area contributed by atoms with Gasteiger partial charge in [0.25, 0.3) is 0 Å². The molecule has 0 saturated carbocycles. The number of phenols is 1. The number of nitrogens with one attached hydrogen (secondary N) is 2. The molecule has 0 aliphatic rings. The normalized spacial score (nSPS) is 11.8. The summed E-state index contributed by atoms with van der Waals surface area (Å²) in [7, 11) is 0. The van der Waals surface area contributed by atoms with E-state index in [-0.39, 0.29) is 11.8 Å². The third-order valence-corrected chi connectivity index (χ3v) is 4.17. The number of aromatic hydroxyl groups is 1. The summed E-state index contributed by atoms with van der Waals surface area (Å²) >= 11 is 6.19. The van der Waals surface area contributed by atoms with Crippen LogP contribution < -0.4 is 10.6 Å². The average Bonchev–Trinajstić information content (AvgIpc) is 2.64. The second kappa shape index (κ2) is 8.01. The van der Waals surface area contributed by atoms with Crippen LogP contribution in [0.3, 0.4) is 0 Å². The Hall–Kier alpha value is -2.86. The van der Waals surface area contributed by atoms with E-state index in [1.807, 2.05) is 24.3 Å². The van der Waals surface area contributed by atoms with Crippen LogP contribution >= 0.6 is 11.6 Å². The summed E-state index contributed by atoms with van der Waals surface area (Å²) in [6.07, 6.45) is 2.67. The molecule has 0 saturated heterocycles. The van der Waals surface area contributed by atoms with Crippen LogP contribution in [0.4, 0.5) is 17.5 Å². The van der Waals surface area contributed by atoms with Gasteiger partial charge in [-0.3, -0.25) is 4.98 Å². The first-order chi connectivity index (χ1) is 12.5. The summed E-state index contributed by atoms with van der Waals surface area (Å²) in [5.74, 6) is 1.20. The highest BCUT2D eigenvalue weighted by Gasteiger charge is 2.11. The number of halogens is 1. The van der Waals surface area contributed by atoms with E-state index in [0.717, 1.165) is 12.1 Å². The summed E-state index contributed by atoms with van der Waals surface area (Å²) < 4.78 is 0. The van der Waals surface area contributed by atoms with Gasteiger partial charge >= 0.3 is 0 Å². The fourth-order valence-electron chi connectivity index (χ4n) is 2.29. The molecule has 134 valence electrons. The van der Waals surface area contributed by atoms with Crippen LogP contribution in [0, 0.1) is 0 Å². The Bertz CT molecular complexity index is 888. The van der Waals surface area contributed by atoms with E-state index in [4.69, 9.17) is 11.6 Å². The van der Waals surface area contributed by atoms with E-state index >= 15 is 0 Å². The number of phenolic OH excluding ortho intramolecular Hbond substituents is 1. The molecule has 26 heavy (non-hydrogen) atoms. The van der Waals surface area contributed by atoms with E-state index in [9.17, 15) is 5.11 Å². The van der Waals surface area contributed by atoms with Crippen molar-refractivity contribution in [3.8, 4) is 17.1 Å². The van der Waals surface area contributed by atoms with Gasteiger partial charge in [-0.1, -0.05) is 24.6 Å². The number of hydrogen-bond acceptors (Lipinski definition) is 6. The quantitative estimate of drug-likeness (QED) is 0.538. The number of nitrogens with zero attached hydrogens (tertiary/aromatic N) is 3. The molecule has 7 heteroatoms. The van der Waals surface area contributed by atoms with Gasteiger partial charge in [0.2, 0.25) is 5.95 Å². The minimum Gasteiger partial charge on any atom is -0.508 e. The van der Waals surface area contributed by atoms with Gasteiger partial charge in [-0.15, -0.1) is 0 Å². The highest BCUT2D eigenvalue weighted by atomic mass is 35.5. The molecular formula is C19H20ClN5O. The predicted octanol–water partition coefficient (Wildman–Crippen LogP) is 4.85. The standard InChI is InChI=1S/C19H20ClN5O/c1-3-12(2)22-19-24-17(16-6-4-5-9-21-16)11-18(25-19)23-15-8-7-13(26)10-14(15)20/h4-12,26H,3H2,1-2H3,(H2,22,23,24,25)/t12-/m1/s1. The minimum absolute atomic E-state index is 0.108. The third-order valence-electron chi connectivity index (χ3n) is 3.86. The topological polar surface area (TPSA) is 83.0 Å². The number of aromatic nitrogens is 3. The Morgan fingerprint density at radius 2 is 1.96 bits per heavy atom. The number of hydrogen-bond donors (Lipinski definition) is 3. The minimum atomic E-state index is 0.108. The summed E-state index contributed by atoms with van der Waals surface area (Å²) in [5, 5.41) is 16.4. The lowest BCUT2D eigenvalue weighted by molar-refractivity contribution is 0.475. The summed E-state index contributed by atoms with van der Waals surface area (Å²) in [4.78, 5) is 13.5. The van der Waals surface area contributed by atoms with Crippen molar-refractivity contribution < 1.29 is 5.11 Å². The van der Waals surface area contributed by atoms with Crippen molar-refractivity contribution in [2.75, 3.05) is 10.6 Å². The molecule has 2 aromatic heterocycles. The highest BCUT2D eigenvalue weighted by Crippen LogP contribution is 2.29. The van der Waals surface area contributed by atoms with Gasteiger partial charge in [-0.2, -0.15) is 4.98 Å². The van der Waals surface area contributed by atoms with Crippen molar-refractivity contribution in [2.45, 2.75) is 26.3 Å². The second-order valence-electron chi connectivity index (χ2n) is 5.92. The summed E-state index contributed by atoms with van der Waals surface area (Å²) in [5.41, 5.74) is 2.09. The number of rotatable bonds is 6. The molecule has 1 atom stereocenters. The van der Waals surface area contributed by atoms with Crippen molar-refractivity contribution in [2.24, 2.45) is 0 Å². The van der Waals surface area contributed by atoms with Crippen LogP contribution in [0.25, 0.3) is 11.4 Å². The number of benzene rings is 1. The largest absolute Gasteiger partial charge is 0.508 e. The van der Waals surface area contributed by atoms with Crippen LogP contribution in [0.2, 0.25) is 5.02 Å². The van der Waals surface area contributed by atoms with Gasteiger partial charge in [0.05, 0.1) is 22.1 Å². The Labute approximate surface area is 157 Å². The molecule has 2 heterocycles.